The summed E-state index contributed by atoms with van der Waals surface area (Å²) in [6.07, 6.45) is 1.10. The van der Waals surface area contributed by atoms with Crippen molar-refractivity contribution in [1.82, 2.24) is 20.4 Å². The highest BCUT2D eigenvalue weighted by molar-refractivity contribution is 5.73. The zero-order valence-electron chi connectivity index (χ0n) is 17.2. The van der Waals surface area contributed by atoms with Crippen LogP contribution in [0.3, 0.4) is 0 Å². The van der Waals surface area contributed by atoms with Crippen LogP contribution < -0.4 is 10.6 Å². The van der Waals surface area contributed by atoms with Crippen LogP contribution >= 0.6 is 0 Å². The second-order valence-corrected chi connectivity index (χ2v) is 7.98. The number of urea groups is 1. The number of hydrogen-bond acceptors (Lipinski definition) is 4. The molecule has 1 rings (SSSR count). The quantitative estimate of drug-likeness (QED) is 0.630. The lowest BCUT2D eigenvalue weighted by atomic mass is 10.0. The van der Waals surface area contributed by atoms with E-state index in [0.717, 1.165) is 45.8 Å². The van der Waals surface area contributed by atoms with Crippen molar-refractivity contribution in [2.45, 2.75) is 59.5 Å². The van der Waals surface area contributed by atoms with E-state index < -0.39 is 0 Å². The molecule has 0 aromatic rings. The minimum Gasteiger partial charge on any atom is -0.379 e. The van der Waals surface area contributed by atoms with Gasteiger partial charge in [-0.2, -0.15) is 0 Å². The first-order valence-corrected chi connectivity index (χ1v) is 9.88. The SMILES string of the molecule is CCN(CC)C(CNC(=O)NCC(C)(C)N1CCOCC1)CC(C)C. The Morgan fingerprint density at radius 1 is 1.16 bits per heavy atom. The number of amides is 2. The van der Waals surface area contributed by atoms with Gasteiger partial charge in [0, 0.05) is 37.8 Å². The van der Waals surface area contributed by atoms with E-state index in [0.29, 0.717) is 25.0 Å². The van der Waals surface area contributed by atoms with Crippen molar-refractivity contribution in [3.05, 3.63) is 0 Å². The summed E-state index contributed by atoms with van der Waals surface area (Å²) in [7, 11) is 0. The summed E-state index contributed by atoms with van der Waals surface area (Å²) in [6.45, 7) is 20.0. The van der Waals surface area contributed by atoms with E-state index in [4.69, 9.17) is 4.74 Å². The molecule has 148 valence electrons. The number of carbonyl (C=O) groups excluding carboxylic acids is 1. The Labute approximate surface area is 154 Å². The fraction of sp³-hybridized carbons (Fsp3) is 0.947. The Morgan fingerprint density at radius 3 is 2.28 bits per heavy atom. The van der Waals surface area contributed by atoms with E-state index in [2.05, 4.69) is 62.0 Å². The van der Waals surface area contributed by atoms with Gasteiger partial charge in [-0.05, 0) is 39.3 Å². The average Bonchev–Trinajstić information content (AvgIpc) is 2.59. The third kappa shape index (κ3) is 7.92. The van der Waals surface area contributed by atoms with Crippen LogP contribution in [0.5, 0.6) is 0 Å². The van der Waals surface area contributed by atoms with E-state index in [1.165, 1.54) is 0 Å². The molecule has 1 aliphatic heterocycles. The molecule has 2 N–H and O–H groups in total. The van der Waals surface area contributed by atoms with Gasteiger partial charge in [-0.3, -0.25) is 9.80 Å². The van der Waals surface area contributed by atoms with E-state index >= 15 is 0 Å². The van der Waals surface area contributed by atoms with Crippen LogP contribution in [0.1, 0.15) is 48.0 Å². The third-order valence-corrected chi connectivity index (χ3v) is 5.12. The smallest absolute Gasteiger partial charge is 0.314 e. The molecule has 1 unspecified atom stereocenters. The molecule has 6 nitrogen and oxygen atoms in total. The van der Waals surface area contributed by atoms with Crippen molar-refractivity contribution >= 4 is 6.03 Å². The molecule has 1 saturated heterocycles. The molecule has 0 bridgehead atoms. The number of nitrogens with one attached hydrogen (secondary N) is 2. The van der Waals surface area contributed by atoms with Gasteiger partial charge in [0.05, 0.1) is 13.2 Å². The molecule has 0 saturated carbocycles. The van der Waals surface area contributed by atoms with Gasteiger partial charge in [-0.15, -0.1) is 0 Å². The Balaban J connectivity index is 2.43. The maximum Gasteiger partial charge on any atom is 0.314 e. The van der Waals surface area contributed by atoms with Gasteiger partial charge in [0.15, 0.2) is 0 Å². The van der Waals surface area contributed by atoms with Gasteiger partial charge in [0.25, 0.3) is 0 Å². The number of likely N-dealkylation sites (N-methyl/N-ethyl adjacent to an activating group) is 1. The number of carbonyl (C=O) groups is 1. The summed E-state index contributed by atoms with van der Waals surface area (Å²) in [5.74, 6) is 0.621. The van der Waals surface area contributed by atoms with Crippen LogP contribution in [0.15, 0.2) is 0 Å². The maximum absolute atomic E-state index is 12.3. The van der Waals surface area contributed by atoms with Crippen molar-refractivity contribution in [2.24, 2.45) is 5.92 Å². The largest absolute Gasteiger partial charge is 0.379 e. The molecule has 0 aromatic carbocycles. The van der Waals surface area contributed by atoms with E-state index in [1.807, 2.05) is 0 Å². The first-order valence-electron chi connectivity index (χ1n) is 9.88. The van der Waals surface area contributed by atoms with Crippen molar-refractivity contribution in [3.63, 3.8) is 0 Å². The van der Waals surface area contributed by atoms with Gasteiger partial charge in [-0.25, -0.2) is 4.79 Å². The van der Waals surface area contributed by atoms with Crippen LogP contribution in [0.2, 0.25) is 0 Å². The topological polar surface area (TPSA) is 56.8 Å². The van der Waals surface area contributed by atoms with E-state index in [1.54, 1.807) is 0 Å². The monoisotopic (exact) mass is 356 g/mol. The highest BCUT2D eigenvalue weighted by Crippen LogP contribution is 2.15. The Hall–Kier alpha value is -0.850. The van der Waals surface area contributed by atoms with Gasteiger partial charge < -0.3 is 15.4 Å². The fourth-order valence-electron chi connectivity index (χ4n) is 3.50. The zero-order chi connectivity index (χ0) is 18.9. The van der Waals surface area contributed by atoms with Gasteiger partial charge in [0.1, 0.15) is 0 Å². The highest BCUT2D eigenvalue weighted by Gasteiger charge is 2.28. The Kier molecular flexibility index (Phi) is 9.75. The van der Waals surface area contributed by atoms with Crippen molar-refractivity contribution in [1.29, 1.82) is 0 Å². The summed E-state index contributed by atoms with van der Waals surface area (Å²) >= 11 is 0. The van der Waals surface area contributed by atoms with Gasteiger partial charge >= 0.3 is 6.03 Å². The van der Waals surface area contributed by atoms with Crippen molar-refractivity contribution < 1.29 is 9.53 Å². The van der Waals surface area contributed by atoms with E-state index in [-0.39, 0.29) is 11.6 Å². The molecule has 1 atom stereocenters. The second kappa shape index (κ2) is 11.0. The van der Waals surface area contributed by atoms with Crippen LogP contribution in [0.25, 0.3) is 0 Å². The Bertz CT molecular complexity index is 378. The second-order valence-electron chi connectivity index (χ2n) is 7.98. The summed E-state index contributed by atoms with van der Waals surface area (Å²) in [5.41, 5.74) is -0.0582. The van der Waals surface area contributed by atoms with Crippen molar-refractivity contribution in [3.8, 4) is 0 Å². The average molecular weight is 357 g/mol. The minimum absolute atomic E-state index is 0.0582. The van der Waals surface area contributed by atoms with Crippen LogP contribution in [0, 0.1) is 5.92 Å². The number of rotatable bonds is 10. The maximum atomic E-state index is 12.3. The fourth-order valence-corrected chi connectivity index (χ4v) is 3.50. The summed E-state index contributed by atoms with van der Waals surface area (Å²) in [4.78, 5) is 17.1. The molecule has 2 amide bonds. The van der Waals surface area contributed by atoms with Crippen LogP contribution in [-0.2, 0) is 4.74 Å². The number of nitrogens with zero attached hydrogens (tertiary/aromatic N) is 2. The van der Waals surface area contributed by atoms with Crippen LogP contribution in [0.4, 0.5) is 4.79 Å². The van der Waals surface area contributed by atoms with Crippen LogP contribution in [-0.4, -0.2) is 79.9 Å². The molecule has 6 heteroatoms. The molecule has 1 fully saturated rings. The first kappa shape index (κ1) is 22.2. The molecule has 0 aliphatic carbocycles. The normalized spacial score (nSPS) is 17.8. The molecular formula is C19H40N4O2. The highest BCUT2D eigenvalue weighted by atomic mass is 16.5. The molecular weight excluding hydrogens is 316 g/mol. The van der Waals surface area contributed by atoms with E-state index in [9.17, 15) is 4.79 Å². The molecule has 1 aliphatic rings. The molecule has 0 radical (unpaired) electrons. The number of hydrogen-bond donors (Lipinski definition) is 2. The summed E-state index contributed by atoms with van der Waals surface area (Å²) in [5, 5.41) is 6.13. The molecule has 25 heavy (non-hydrogen) atoms. The molecule has 0 spiro atoms. The minimum atomic E-state index is -0.0674. The summed E-state index contributed by atoms with van der Waals surface area (Å²) in [6, 6.07) is 0.329. The number of ether oxygens (including phenoxy) is 1. The zero-order valence-corrected chi connectivity index (χ0v) is 17.2. The molecule has 0 aromatic heterocycles. The predicted octanol–water partition coefficient (Wildman–Crippen LogP) is 2.15. The Morgan fingerprint density at radius 2 is 1.76 bits per heavy atom. The summed E-state index contributed by atoms with van der Waals surface area (Å²) < 4.78 is 5.41. The third-order valence-electron chi connectivity index (χ3n) is 5.12. The number of morpholine rings is 1. The van der Waals surface area contributed by atoms with Gasteiger partial charge in [-0.1, -0.05) is 27.7 Å². The molecule has 1 heterocycles. The standard InChI is InChI=1S/C19H40N4O2/c1-7-22(8-2)17(13-16(3)4)14-20-18(24)21-15-19(5,6)23-9-11-25-12-10-23/h16-17H,7-15H2,1-6H3,(H2,20,21,24). The first-order chi connectivity index (χ1) is 11.8. The van der Waals surface area contributed by atoms with Crippen molar-refractivity contribution in [2.75, 3.05) is 52.5 Å². The lowest BCUT2D eigenvalue weighted by Gasteiger charge is -2.40. The van der Waals surface area contributed by atoms with Gasteiger partial charge in [0.2, 0.25) is 0 Å². The lowest BCUT2D eigenvalue weighted by Crippen LogP contribution is -2.56. The lowest BCUT2D eigenvalue weighted by molar-refractivity contribution is -0.00875. The predicted molar refractivity (Wildman–Crippen MR) is 104 cm³/mol.